The number of thiazole rings is 1. The average Bonchev–Trinajstić information content (AvgIpc) is 2.77. The molecular weight excluding hydrogens is 380 g/mol. The summed E-state index contributed by atoms with van der Waals surface area (Å²) in [4.78, 5) is 16.4. The summed E-state index contributed by atoms with van der Waals surface area (Å²) < 4.78 is 27.6. The zero-order valence-corrected chi connectivity index (χ0v) is 14.3. The lowest BCUT2D eigenvalue weighted by atomic mass is 10.2. The Hall–Kier alpha value is -1.29. The summed E-state index contributed by atoms with van der Waals surface area (Å²) in [6.07, 6.45) is 0. The first-order valence-electron chi connectivity index (χ1n) is 5.66. The Kier molecular flexibility index (Phi) is 5.09. The van der Waals surface area contributed by atoms with E-state index in [0.717, 1.165) is 4.88 Å². The van der Waals surface area contributed by atoms with E-state index in [1.165, 1.54) is 34.9 Å². The molecule has 1 aromatic heterocycles. The summed E-state index contributed by atoms with van der Waals surface area (Å²) in [7, 11) is 1.29. The van der Waals surface area contributed by atoms with Crippen LogP contribution < -0.4 is 4.31 Å². The van der Waals surface area contributed by atoms with E-state index in [2.05, 4.69) is 25.7 Å². The summed E-state index contributed by atoms with van der Waals surface area (Å²) in [6.45, 7) is 1.81. The molecule has 9 heteroatoms. The lowest BCUT2D eigenvalue weighted by Gasteiger charge is -2.18. The molecule has 112 valence electrons. The van der Waals surface area contributed by atoms with Gasteiger partial charge < -0.3 is 4.74 Å². The minimum atomic E-state index is -2.28. The van der Waals surface area contributed by atoms with Gasteiger partial charge in [0, 0.05) is 4.88 Å². The van der Waals surface area contributed by atoms with E-state index < -0.39 is 17.2 Å². The summed E-state index contributed by atoms with van der Waals surface area (Å²) in [5.41, 5.74) is 0.811. The molecule has 0 radical (unpaired) electrons. The zero-order valence-electron chi connectivity index (χ0n) is 11.1. The van der Waals surface area contributed by atoms with E-state index in [1.54, 1.807) is 19.1 Å². The quantitative estimate of drug-likeness (QED) is 0.639. The smallest absolute Gasteiger partial charge is 0.337 e. The van der Waals surface area contributed by atoms with Gasteiger partial charge in [-0.05, 0) is 47.1 Å². The predicted molar refractivity (Wildman–Crippen MR) is 85.2 cm³/mol. The molecule has 1 N–H and O–H groups in total. The highest BCUT2D eigenvalue weighted by molar-refractivity contribution is 9.11. The van der Waals surface area contributed by atoms with Crippen LogP contribution in [0.25, 0.3) is 0 Å². The van der Waals surface area contributed by atoms with Crippen LogP contribution in [0.5, 0.6) is 0 Å². The second kappa shape index (κ2) is 6.65. The van der Waals surface area contributed by atoms with Crippen molar-refractivity contribution in [1.29, 1.82) is 0 Å². The van der Waals surface area contributed by atoms with Gasteiger partial charge in [0.1, 0.15) is 0 Å². The Morgan fingerprint density at radius 2 is 2.05 bits per heavy atom. The van der Waals surface area contributed by atoms with Crippen LogP contribution in [0.4, 0.5) is 11.5 Å². The zero-order chi connectivity index (χ0) is 15.6. The first-order valence-corrected chi connectivity index (χ1v) is 8.33. The van der Waals surface area contributed by atoms with Crippen LogP contribution in [0.1, 0.15) is 15.2 Å². The number of ether oxygens (including phenoxy) is 1. The minimum Gasteiger partial charge on any atom is -0.465 e. The lowest BCUT2D eigenvalue weighted by Crippen LogP contribution is -2.20. The lowest BCUT2D eigenvalue weighted by molar-refractivity contribution is 0.0601. The maximum atomic E-state index is 11.6. The highest BCUT2D eigenvalue weighted by Gasteiger charge is 2.21. The summed E-state index contributed by atoms with van der Waals surface area (Å²) >= 11 is 2.34. The number of nitrogens with zero attached hydrogens (tertiary/aromatic N) is 2. The second-order valence-electron chi connectivity index (χ2n) is 3.91. The Balaban J connectivity index is 2.42. The molecule has 1 heterocycles. The van der Waals surface area contributed by atoms with Gasteiger partial charge in [0.15, 0.2) is 9.73 Å². The molecule has 0 saturated heterocycles. The van der Waals surface area contributed by atoms with Crippen LogP contribution in [-0.4, -0.2) is 26.8 Å². The highest BCUT2D eigenvalue weighted by atomic mass is 79.9. The molecule has 2 rings (SSSR count). The minimum absolute atomic E-state index is 0.362. The van der Waals surface area contributed by atoms with Crippen molar-refractivity contribution in [3.63, 3.8) is 0 Å². The van der Waals surface area contributed by atoms with E-state index in [0.29, 0.717) is 21.0 Å². The fraction of sp³-hybridized carbons (Fsp3) is 0.167. The maximum absolute atomic E-state index is 11.6. The Bertz CT molecular complexity index is 687. The van der Waals surface area contributed by atoms with Crippen molar-refractivity contribution in [2.24, 2.45) is 0 Å². The Labute approximate surface area is 136 Å². The number of aryl methyl sites for hydroxylation is 1. The maximum Gasteiger partial charge on any atom is 0.337 e. The Morgan fingerprint density at radius 1 is 1.43 bits per heavy atom. The predicted octanol–water partition coefficient (Wildman–Crippen LogP) is 3.28. The summed E-state index contributed by atoms with van der Waals surface area (Å²) in [6, 6.07) is 6.18. The van der Waals surface area contributed by atoms with Crippen molar-refractivity contribution in [3.05, 3.63) is 38.6 Å². The molecule has 2 aromatic rings. The number of rotatable bonds is 4. The molecule has 0 spiro atoms. The van der Waals surface area contributed by atoms with Gasteiger partial charge in [0.05, 0.1) is 18.4 Å². The average molecular weight is 391 g/mol. The van der Waals surface area contributed by atoms with Crippen molar-refractivity contribution < 1.29 is 18.3 Å². The molecule has 0 aliphatic rings. The number of benzene rings is 1. The van der Waals surface area contributed by atoms with E-state index in [1.807, 2.05) is 0 Å². The van der Waals surface area contributed by atoms with Gasteiger partial charge in [-0.2, -0.15) is 0 Å². The molecule has 6 nitrogen and oxygen atoms in total. The fourth-order valence-corrected chi connectivity index (χ4v) is 3.88. The molecule has 1 aromatic carbocycles. The van der Waals surface area contributed by atoms with Gasteiger partial charge in [-0.25, -0.2) is 18.3 Å². The first kappa shape index (κ1) is 16.1. The molecule has 0 aliphatic heterocycles. The highest BCUT2D eigenvalue weighted by Crippen LogP contribution is 2.34. The molecule has 1 unspecified atom stereocenters. The number of carbonyl (C=O) groups is 1. The van der Waals surface area contributed by atoms with Gasteiger partial charge in [-0.1, -0.05) is 0 Å². The molecule has 1 atom stereocenters. The third-order valence-corrected chi connectivity index (χ3v) is 4.73. The van der Waals surface area contributed by atoms with Crippen LogP contribution in [-0.2, 0) is 16.0 Å². The molecule has 0 bridgehead atoms. The van der Waals surface area contributed by atoms with Gasteiger partial charge in [0.2, 0.25) is 0 Å². The molecule has 0 fully saturated rings. The third kappa shape index (κ3) is 3.49. The molecular formula is C12H11BrN2O4S2. The second-order valence-corrected chi connectivity index (χ2v) is 7.22. The molecule has 0 amide bonds. The number of halogens is 1. The molecule has 0 saturated carbocycles. The van der Waals surface area contributed by atoms with E-state index in [-0.39, 0.29) is 0 Å². The van der Waals surface area contributed by atoms with Crippen molar-refractivity contribution in [2.75, 3.05) is 11.4 Å². The Morgan fingerprint density at radius 3 is 2.48 bits per heavy atom. The van der Waals surface area contributed by atoms with Gasteiger partial charge in [-0.3, -0.25) is 4.55 Å². The van der Waals surface area contributed by atoms with Crippen LogP contribution in [0.3, 0.4) is 0 Å². The van der Waals surface area contributed by atoms with Crippen molar-refractivity contribution in [3.8, 4) is 0 Å². The molecule has 0 aliphatic carbocycles. The van der Waals surface area contributed by atoms with Crippen LogP contribution in [0, 0.1) is 6.92 Å². The summed E-state index contributed by atoms with van der Waals surface area (Å²) in [5.74, 6) is -0.0793. The van der Waals surface area contributed by atoms with Crippen LogP contribution >= 0.6 is 27.3 Å². The van der Waals surface area contributed by atoms with Crippen molar-refractivity contribution >= 4 is 56.0 Å². The molecule has 21 heavy (non-hydrogen) atoms. The number of esters is 1. The number of hydrogen-bond acceptors (Lipinski definition) is 5. The van der Waals surface area contributed by atoms with E-state index in [9.17, 15) is 13.6 Å². The third-order valence-electron chi connectivity index (χ3n) is 2.62. The standard InChI is InChI=1S/C12H11BrN2O4S2/c1-7-10(14-12(13)20-7)15(21(17)18)9-5-3-8(4-6-9)11(16)19-2/h3-6H,1-2H3,(H,17,18). The first-order chi connectivity index (χ1) is 9.93. The van der Waals surface area contributed by atoms with Gasteiger partial charge in [0.25, 0.3) is 11.3 Å². The van der Waals surface area contributed by atoms with E-state index in [4.69, 9.17) is 0 Å². The summed E-state index contributed by atoms with van der Waals surface area (Å²) in [5, 5.41) is 0. The van der Waals surface area contributed by atoms with Crippen molar-refractivity contribution in [1.82, 2.24) is 4.98 Å². The number of anilines is 2. The number of hydrogen-bond donors (Lipinski definition) is 1. The normalized spacial score (nSPS) is 12.0. The van der Waals surface area contributed by atoms with E-state index >= 15 is 0 Å². The number of carbonyl (C=O) groups excluding carboxylic acids is 1. The fourth-order valence-electron chi connectivity index (χ4n) is 1.68. The topological polar surface area (TPSA) is 79.7 Å². The monoisotopic (exact) mass is 390 g/mol. The van der Waals surface area contributed by atoms with Crippen LogP contribution in [0.2, 0.25) is 0 Å². The van der Waals surface area contributed by atoms with Crippen molar-refractivity contribution in [2.45, 2.75) is 6.92 Å². The van der Waals surface area contributed by atoms with Crippen LogP contribution in [0.15, 0.2) is 28.2 Å². The van der Waals surface area contributed by atoms with Gasteiger partial charge in [-0.15, -0.1) is 11.3 Å². The SMILES string of the molecule is COC(=O)c1ccc(N(c2nc(Br)sc2C)S(=O)O)cc1. The number of methoxy groups -OCH3 is 1. The number of aromatic nitrogens is 1. The largest absolute Gasteiger partial charge is 0.465 e. The van der Waals surface area contributed by atoms with Gasteiger partial charge >= 0.3 is 5.97 Å².